The van der Waals surface area contributed by atoms with E-state index in [1.165, 1.54) is 22.3 Å². The molecule has 0 aliphatic carbocycles. The molecule has 1 N–H and O–H groups in total. The molecule has 0 radical (unpaired) electrons. The van der Waals surface area contributed by atoms with Crippen molar-refractivity contribution in [2.75, 3.05) is 20.6 Å². The first-order valence-electron chi connectivity index (χ1n) is 8.26. The normalized spacial score (nSPS) is 16.0. The van der Waals surface area contributed by atoms with E-state index in [-0.39, 0.29) is 5.54 Å². The Hall–Kier alpha value is -0.860. The molecule has 0 saturated carbocycles. The highest BCUT2D eigenvalue weighted by Crippen LogP contribution is 2.35. The Labute approximate surface area is 131 Å². The molecular formula is C19H34N2. The summed E-state index contributed by atoms with van der Waals surface area (Å²) in [6.45, 7) is 14.6. The third kappa shape index (κ3) is 3.87. The second kappa shape index (κ2) is 7.42. The van der Waals surface area contributed by atoms with Crippen LogP contribution >= 0.6 is 0 Å². The number of nitrogens with one attached hydrogen (secondary N) is 1. The van der Waals surface area contributed by atoms with E-state index < -0.39 is 0 Å². The zero-order chi connectivity index (χ0) is 16.2. The Morgan fingerprint density at radius 2 is 1.62 bits per heavy atom. The lowest BCUT2D eigenvalue weighted by molar-refractivity contribution is 0.112. The predicted molar refractivity (Wildman–Crippen MR) is 94.1 cm³/mol. The minimum atomic E-state index is 0.113. The topological polar surface area (TPSA) is 15.3 Å². The van der Waals surface area contributed by atoms with Gasteiger partial charge in [-0.25, -0.2) is 0 Å². The number of benzene rings is 1. The standard InChI is InChI=1S/C19H34N2/c1-9-11-20-18(19(6,10-2)21(7)8)17-13-15(4)14(3)12-16(17)5/h12-13,18,20H,9-11H2,1-8H3. The summed E-state index contributed by atoms with van der Waals surface area (Å²) in [6.07, 6.45) is 2.28. The number of nitrogens with zero attached hydrogens (tertiary/aromatic N) is 1. The fraction of sp³-hybridized carbons (Fsp3) is 0.684. The predicted octanol–water partition coefficient (Wildman–Crippen LogP) is 4.38. The van der Waals surface area contributed by atoms with Crippen LogP contribution in [0.2, 0.25) is 0 Å². The Kier molecular flexibility index (Phi) is 6.42. The van der Waals surface area contributed by atoms with Crippen LogP contribution < -0.4 is 5.32 Å². The molecule has 2 unspecified atom stereocenters. The van der Waals surface area contributed by atoms with Crippen LogP contribution in [0.15, 0.2) is 12.1 Å². The van der Waals surface area contributed by atoms with Crippen LogP contribution in [0, 0.1) is 20.8 Å². The van der Waals surface area contributed by atoms with Gasteiger partial charge in [-0.2, -0.15) is 0 Å². The third-order valence-electron chi connectivity index (χ3n) is 5.15. The molecule has 0 aliphatic heterocycles. The molecule has 1 aromatic carbocycles. The van der Waals surface area contributed by atoms with Gasteiger partial charge in [-0.1, -0.05) is 26.0 Å². The highest BCUT2D eigenvalue weighted by atomic mass is 15.2. The van der Waals surface area contributed by atoms with Crippen molar-refractivity contribution in [1.29, 1.82) is 0 Å². The maximum Gasteiger partial charge on any atom is 0.0506 e. The summed E-state index contributed by atoms with van der Waals surface area (Å²) in [5.74, 6) is 0. The molecule has 0 bridgehead atoms. The van der Waals surface area contributed by atoms with Crippen molar-refractivity contribution in [3.05, 3.63) is 34.4 Å². The van der Waals surface area contributed by atoms with Gasteiger partial charge in [0, 0.05) is 5.54 Å². The van der Waals surface area contributed by atoms with E-state index in [9.17, 15) is 0 Å². The van der Waals surface area contributed by atoms with E-state index in [0.717, 1.165) is 19.4 Å². The van der Waals surface area contributed by atoms with Gasteiger partial charge in [0.25, 0.3) is 0 Å². The van der Waals surface area contributed by atoms with E-state index in [4.69, 9.17) is 0 Å². The molecule has 2 nitrogen and oxygen atoms in total. The first-order chi connectivity index (χ1) is 9.77. The maximum absolute atomic E-state index is 3.80. The number of aryl methyl sites for hydroxylation is 3. The fourth-order valence-electron chi connectivity index (χ4n) is 3.03. The Morgan fingerprint density at radius 1 is 1.05 bits per heavy atom. The fourth-order valence-corrected chi connectivity index (χ4v) is 3.03. The minimum absolute atomic E-state index is 0.113. The number of hydrogen-bond donors (Lipinski definition) is 1. The maximum atomic E-state index is 3.80. The van der Waals surface area contributed by atoms with E-state index in [1.54, 1.807) is 0 Å². The van der Waals surface area contributed by atoms with Crippen LogP contribution in [0.25, 0.3) is 0 Å². The first kappa shape index (κ1) is 18.2. The summed E-state index contributed by atoms with van der Waals surface area (Å²) in [7, 11) is 4.39. The van der Waals surface area contributed by atoms with Crippen LogP contribution in [0.4, 0.5) is 0 Å². The molecule has 0 aliphatic rings. The largest absolute Gasteiger partial charge is 0.308 e. The summed E-state index contributed by atoms with van der Waals surface area (Å²) < 4.78 is 0. The molecule has 0 heterocycles. The average Bonchev–Trinajstić information content (AvgIpc) is 2.43. The molecule has 0 aromatic heterocycles. The molecule has 0 saturated heterocycles. The lowest BCUT2D eigenvalue weighted by Gasteiger charge is -2.44. The summed E-state index contributed by atoms with van der Waals surface area (Å²) in [6, 6.07) is 5.07. The van der Waals surface area contributed by atoms with Crippen molar-refractivity contribution >= 4 is 0 Å². The number of rotatable bonds is 7. The Morgan fingerprint density at radius 3 is 2.10 bits per heavy atom. The van der Waals surface area contributed by atoms with E-state index in [2.05, 4.69) is 78.0 Å². The minimum Gasteiger partial charge on any atom is -0.308 e. The lowest BCUT2D eigenvalue weighted by atomic mass is 9.81. The highest BCUT2D eigenvalue weighted by molar-refractivity contribution is 5.39. The van der Waals surface area contributed by atoms with Crippen molar-refractivity contribution in [3.8, 4) is 0 Å². The van der Waals surface area contributed by atoms with Gasteiger partial charge in [-0.15, -0.1) is 0 Å². The quantitative estimate of drug-likeness (QED) is 0.801. The van der Waals surface area contributed by atoms with Gasteiger partial charge in [-0.05, 0) is 83.4 Å². The van der Waals surface area contributed by atoms with Crippen LogP contribution in [-0.4, -0.2) is 31.1 Å². The molecular weight excluding hydrogens is 256 g/mol. The summed E-state index contributed by atoms with van der Waals surface area (Å²) >= 11 is 0. The Bertz CT molecular complexity index is 465. The van der Waals surface area contributed by atoms with Crippen molar-refractivity contribution in [2.45, 2.75) is 66.0 Å². The van der Waals surface area contributed by atoms with Crippen molar-refractivity contribution in [3.63, 3.8) is 0 Å². The molecule has 2 heteroatoms. The van der Waals surface area contributed by atoms with E-state index in [1.807, 2.05) is 0 Å². The molecule has 0 spiro atoms. The van der Waals surface area contributed by atoms with Gasteiger partial charge in [0.1, 0.15) is 0 Å². The van der Waals surface area contributed by atoms with Gasteiger partial charge in [0.2, 0.25) is 0 Å². The average molecular weight is 290 g/mol. The van der Waals surface area contributed by atoms with Gasteiger partial charge in [0.15, 0.2) is 0 Å². The molecule has 0 fully saturated rings. The second-order valence-corrected chi connectivity index (χ2v) is 6.79. The zero-order valence-corrected chi connectivity index (χ0v) is 15.3. The van der Waals surface area contributed by atoms with Crippen LogP contribution in [0.5, 0.6) is 0 Å². The van der Waals surface area contributed by atoms with Crippen LogP contribution in [0.3, 0.4) is 0 Å². The zero-order valence-electron chi connectivity index (χ0n) is 15.3. The monoisotopic (exact) mass is 290 g/mol. The van der Waals surface area contributed by atoms with Gasteiger partial charge < -0.3 is 10.2 Å². The van der Waals surface area contributed by atoms with Crippen molar-refractivity contribution < 1.29 is 0 Å². The summed E-state index contributed by atoms with van der Waals surface area (Å²) in [5.41, 5.74) is 5.73. The molecule has 21 heavy (non-hydrogen) atoms. The van der Waals surface area contributed by atoms with Crippen LogP contribution in [-0.2, 0) is 0 Å². The SMILES string of the molecule is CCCNC(c1cc(C)c(C)cc1C)C(C)(CC)N(C)C. The third-order valence-corrected chi connectivity index (χ3v) is 5.15. The highest BCUT2D eigenvalue weighted by Gasteiger charge is 2.36. The molecule has 120 valence electrons. The van der Waals surface area contributed by atoms with E-state index >= 15 is 0 Å². The number of likely N-dealkylation sites (N-methyl/N-ethyl adjacent to an activating group) is 1. The molecule has 0 amide bonds. The van der Waals surface area contributed by atoms with E-state index in [0.29, 0.717) is 6.04 Å². The molecule has 1 aromatic rings. The van der Waals surface area contributed by atoms with Gasteiger partial charge in [-0.3, -0.25) is 0 Å². The van der Waals surface area contributed by atoms with Gasteiger partial charge >= 0.3 is 0 Å². The summed E-state index contributed by atoms with van der Waals surface area (Å²) in [5, 5.41) is 3.80. The second-order valence-electron chi connectivity index (χ2n) is 6.79. The Balaban J connectivity index is 3.34. The molecule has 1 rings (SSSR count). The summed E-state index contributed by atoms with van der Waals surface area (Å²) in [4.78, 5) is 2.37. The first-order valence-corrected chi connectivity index (χ1v) is 8.26. The van der Waals surface area contributed by atoms with Crippen molar-refractivity contribution in [1.82, 2.24) is 10.2 Å². The van der Waals surface area contributed by atoms with Crippen molar-refractivity contribution in [2.24, 2.45) is 0 Å². The van der Waals surface area contributed by atoms with Gasteiger partial charge in [0.05, 0.1) is 6.04 Å². The molecule has 2 atom stereocenters. The smallest absolute Gasteiger partial charge is 0.0506 e. The number of hydrogen-bond acceptors (Lipinski definition) is 2. The van der Waals surface area contributed by atoms with Crippen LogP contribution in [0.1, 0.15) is 61.9 Å². The lowest BCUT2D eigenvalue weighted by Crippen LogP contribution is -2.51.